The number of carbonyl (C=O) groups excluding carboxylic acids is 1. The van der Waals surface area contributed by atoms with E-state index < -0.39 is 18.0 Å². The summed E-state index contributed by atoms with van der Waals surface area (Å²) < 4.78 is 37.1. The molecule has 1 N–H and O–H groups in total. The average molecular weight is 240 g/mol. The van der Waals surface area contributed by atoms with Gasteiger partial charge in [0.15, 0.2) is 5.71 Å². The quantitative estimate of drug-likeness (QED) is 0.347. The minimum Gasteiger partial charge on any atom is -0.323 e. The number of nitrogens with zero attached hydrogens (tertiary/aromatic N) is 1. The number of carbonyl (C=O) groups is 1. The highest BCUT2D eigenvalue weighted by molar-refractivity contribution is 5.89. The van der Waals surface area contributed by atoms with E-state index in [-0.39, 0.29) is 6.42 Å². The highest BCUT2D eigenvalue weighted by atomic mass is 19.4. The zero-order valence-corrected chi connectivity index (χ0v) is 9.23. The van der Waals surface area contributed by atoms with Gasteiger partial charge >= 0.3 is 12.3 Å². The smallest absolute Gasteiger partial charge is 0.323 e. The molecule has 0 aliphatic carbocycles. The lowest BCUT2D eigenvalue weighted by Gasteiger charge is -2.09. The number of amides is 1. The number of halogens is 3. The monoisotopic (exact) mass is 240 g/mol. The minimum absolute atomic E-state index is 0.242. The van der Waals surface area contributed by atoms with Gasteiger partial charge in [0, 0.05) is 7.05 Å². The molecule has 0 radical (unpaired) electrons. The molecule has 0 rings (SSSR count). The molecule has 0 aromatic carbocycles. The molecule has 0 aromatic heterocycles. The van der Waals surface area contributed by atoms with Gasteiger partial charge in [0.1, 0.15) is 0 Å². The van der Waals surface area contributed by atoms with Crippen LogP contribution in [-0.4, -0.2) is 25.0 Å². The number of oxime groups is 1. The van der Waals surface area contributed by atoms with Crippen molar-refractivity contribution in [1.82, 2.24) is 5.32 Å². The summed E-state index contributed by atoms with van der Waals surface area (Å²) in [6.45, 7) is 1.88. The van der Waals surface area contributed by atoms with Gasteiger partial charge in [-0.25, -0.2) is 4.79 Å². The average Bonchev–Trinajstić information content (AvgIpc) is 2.20. The second-order valence-corrected chi connectivity index (χ2v) is 3.12. The molecule has 0 heterocycles. The third kappa shape index (κ3) is 6.26. The van der Waals surface area contributed by atoms with Crippen LogP contribution in [0.5, 0.6) is 0 Å². The van der Waals surface area contributed by atoms with Gasteiger partial charge in [0.25, 0.3) is 0 Å². The maximum absolute atomic E-state index is 12.4. The van der Waals surface area contributed by atoms with Crippen LogP contribution in [0.2, 0.25) is 0 Å². The summed E-state index contributed by atoms with van der Waals surface area (Å²) in [5, 5.41) is 4.82. The molecule has 16 heavy (non-hydrogen) atoms. The van der Waals surface area contributed by atoms with E-state index in [1.54, 1.807) is 0 Å². The Bertz CT molecular complexity index is 252. The van der Waals surface area contributed by atoms with E-state index in [4.69, 9.17) is 0 Å². The van der Waals surface area contributed by atoms with Crippen LogP contribution in [0, 0.1) is 0 Å². The van der Waals surface area contributed by atoms with Crippen LogP contribution < -0.4 is 5.32 Å². The first kappa shape index (κ1) is 14.7. The largest absolute Gasteiger partial charge is 0.433 e. The van der Waals surface area contributed by atoms with Crippen molar-refractivity contribution in [3.63, 3.8) is 0 Å². The van der Waals surface area contributed by atoms with Gasteiger partial charge in [-0.05, 0) is 12.8 Å². The van der Waals surface area contributed by atoms with Crippen LogP contribution in [-0.2, 0) is 4.84 Å². The molecular weight excluding hydrogens is 225 g/mol. The molecule has 4 nitrogen and oxygen atoms in total. The summed E-state index contributed by atoms with van der Waals surface area (Å²) in [5.41, 5.74) is -1.07. The van der Waals surface area contributed by atoms with Crippen molar-refractivity contribution in [2.45, 2.75) is 38.8 Å². The fourth-order valence-corrected chi connectivity index (χ4v) is 0.924. The summed E-state index contributed by atoms with van der Waals surface area (Å²) in [7, 11) is 1.24. The molecule has 0 spiro atoms. The van der Waals surface area contributed by atoms with Crippen LogP contribution in [0.3, 0.4) is 0 Å². The topological polar surface area (TPSA) is 50.7 Å². The van der Waals surface area contributed by atoms with Gasteiger partial charge in [-0.15, -0.1) is 0 Å². The Kier molecular flexibility index (Phi) is 6.52. The molecule has 0 aliphatic rings. The summed E-state index contributed by atoms with van der Waals surface area (Å²) in [6.07, 6.45) is -3.96. The Morgan fingerprint density at radius 2 is 2.00 bits per heavy atom. The van der Waals surface area contributed by atoms with E-state index in [2.05, 4.69) is 9.99 Å². The lowest BCUT2D eigenvalue weighted by Crippen LogP contribution is -2.25. The second-order valence-electron chi connectivity index (χ2n) is 3.12. The Hall–Kier alpha value is -1.27. The zero-order valence-electron chi connectivity index (χ0n) is 9.23. The molecular formula is C9H15F3N2O2. The molecule has 0 aromatic rings. The number of rotatable bonds is 5. The van der Waals surface area contributed by atoms with Crippen LogP contribution in [0.25, 0.3) is 0 Å². The summed E-state index contributed by atoms with van der Waals surface area (Å²) in [6, 6.07) is 0. The number of hydrogen-bond donors (Lipinski definition) is 1. The molecule has 94 valence electrons. The van der Waals surface area contributed by atoms with E-state index in [9.17, 15) is 18.0 Å². The highest BCUT2D eigenvalue weighted by Gasteiger charge is 2.36. The fraction of sp³-hybridized carbons (Fsp3) is 0.778. The van der Waals surface area contributed by atoms with Gasteiger partial charge in [-0.3, -0.25) is 4.84 Å². The van der Waals surface area contributed by atoms with Crippen molar-refractivity contribution in [1.29, 1.82) is 0 Å². The standard InChI is InChI=1S/C9H15F3N2O2/c1-3-4-5-6-7(9(10,11)12)14-16-8(15)13-2/h3-6H2,1-2H3,(H,13,15). The lowest BCUT2D eigenvalue weighted by molar-refractivity contribution is -0.0629. The summed E-state index contributed by atoms with van der Waals surface area (Å²) >= 11 is 0. The molecule has 7 heteroatoms. The SMILES string of the molecule is CCCCCC(=NOC(=O)NC)C(F)(F)F. The van der Waals surface area contributed by atoms with Gasteiger partial charge in [0.05, 0.1) is 0 Å². The molecule has 0 saturated heterocycles. The van der Waals surface area contributed by atoms with Crippen LogP contribution >= 0.6 is 0 Å². The normalized spacial score (nSPS) is 12.4. The van der Waals surface area contributed by atoms with E-state index >= 15 is 0 Å². The van der Waals surface area contributed by atoms with Crippen molar-refractivity contribution < 1.29 is 22.8 Å². The summed E-state index contributed by atoms with van der Waals surface area (Å²) in [5.74, 6) is 0. The molecule has 0 aliphatic heterocycles. The first-order chi connectivity index (χ1) is 7.41. The van der Waals surface area contributed by atoms with Gasteiger partial charge in [-0.2, -0.15) is 13.2 Å². The Labute approximate surface area is 91.8 Å². The molecule has 0 unspecified atom stereocenters. The molecule has 0 saturated carbocycles. The highest BCUT2D eigenvalue weighted by Crippen LogP contribution is 2.21. The lowest BCUT2D eigenvalue weighted by atomic mass is 10.1. The Balaban J connectivity index is 4.37. The van der Waals surface area contributed by atoms with E-state index in [0.717, 1.165) is 6.42 Å². The predicted octanol–water partition coefficient (Wildman–Crippen LogP) is 2.84. The minimum atomic E-state index is -4.55. The predicted molar refractivity (Wildman–Crippen MR) is 53.2 cm³/mol. The number of unbranched alkanes of at least 4 members (excludes halogenated alkanes) is 2. The van der Waals surface area contributed by atoms with Gasteiger partial charge < -0.3 is 5.32 Å². The van der Waals surface area contributed by atoms with Crippen LogP contribution in [0.15, 0.2) is 5.16 Å². The maximum atomic E-state index is 12.4. The van der Waals surface area contributed by atoms with Crippen LogP contribution in [0.1, 0.15) is 32.6 Å². The van der Waals surface area contributed by atoms with Gasteiger partial charge in [-0.1, -0.05) is 24.9 Å². The van der Waals surface area contributed by atoms with Crippen molar-refractivity contribution >= 4 is 11.8 Å². The molecule has 1 amide bonds. The number of alkyl halides is 3. The van der Waals surface area contributed by atoms with Crippen LogP contribution in [0.4, 0.5) is 18.0 Å². The Morgan fingerprint density at radius 3 is 2.44 bits per heavy atom. The molecule has 0 bridgehead atoms. The number of nitrogens with one attached hydrogen (secondary N) is 1. The van der Waals surface area contributed by atoms with Crippen molar-refractivity contribution in [3.8, 4) is 0 Å². The first-order valence-corrected chi connectivity index (χ1v) is 4.94. The van der Waals surface area contributed by atoms with Crippen molar-refractivity contribution in [3.05, 3.63) is 0 Å². The van der Waals surface area contributed by atoms with Crippen molar-refractivity contribution in [2.75, 3.05) is 7.05 Å². The molecule has 0 fully saturated rings. The van der Waals surface area contributed by atoms with E-state index in [1.165, 1.54) is 7.05 Å². The van der Waals surface area contributed by atoms with Crippen molar-refractivity contribution in [2.24, 2.45) is 5.16 Å². The van der Waals surface area contributed by atoms with E-state index in [0.29, 0.717) is 12.8 Å². The Morgan fingerprint density at radius 1 is 1.38 bits per heavy atom. The first-order valence-electron chi connectivity index (χ1n) is 4.94. The third-order valence-corrected chi connectivity index (χ3v) is 1.79. The second kappa shape index (κ2) is 7.08. The summed E-state index contributed by atoms with van der Waals surface area (Å²) in [4.78, 5) is 14.6. The number of hydrogen-bond acceptors (Lipinski definition) is 3. The fourth-order valence-electron chi connectivity index (χ4n) is 0.924. The zero-order chi connectivity index (χ0) is 12.6. The van der Waals surface area contributed by atoms with E-state index in [1.807, 2.05) is 12.2 Å². The molecule has 0 atom stereocenters. The maximum Gasteiger partial charge on any atom is 0.433 e. The van der Waals surface area contributed by atoms with Gasteiger partial charge in [0.2, 0.25) is 0 Å². The third-order valence-electron chi connectivity index (χ3n) is 1.79.